The quantitative estimate of drug-likeness (QED) is 0.325. The van der Waals surface area contributed by atoms with Crippen molar-refractivity contribution < 1.29 is 18.6 Å². The van der Waals surface area contributed by atoms with Crippen LogP contribution in [0.3, 0.4) is 0 Å². The van der Waals surface area contributed by atoms with Gasteiger partial charge in [0.1, 0.15) is 17.3 Å². The fourth-order valence-electron chi connectivity index (χ4n) is 4.12. The van der Waals surface area contributed by atoms with E-state index in [1.807, 2.05) is 12.1 Å². The molecule has 33 heavy (non-hydrogen) atoms. The molecule has 1 fully saturated rings. The Morgan fingerprint density at radius 3 is 2.61 bits per heavy atom. The third-order valence-corrected chi connectivity index (χ3v) is 5.75. The van der Waals surface area contributed by atoms with Crippen LogP contribution in [0.5, 0.6) is 11.5 Å². The molecule has 9 heteroatoms. The maximum atomic E-state index is 14.0. The van der Waals surface area contributed by atoms with E-state index in [0.29, 0.717) is 19.6 Å². The predicted octanol–water partition coefficient (Wildman–Crippen LogP) is 3.65. The number of methoxy groups -OCH3 is 1. The number of hydrogen-bond acceptors (Lipinski definition) is 5. The minimum Gasteiger partial charge on any atom is -0.497 e. The highest BCUT2D eigenvalue weighted by Crippen LogP contribution is 2.29. The molecule has 0 saturated carbocycles. The Labute approximate surface area is 211 Å². The summed E-state index contributed by atoms with van der Waals surface area (Å²) in [4.78, 5) is 9.48. The van der Waals surface area contributed by atoms with Gasteiger partial charge in [-0.1, -0.05) is 0 Å². The van der Waals surface area contributed by atoms with Crippen LogP contribution in [-0.2, 0) is 17.8 Å². The number of rotatable bonds is 6. The van der Waals surface area contributed by atoms with E-state index in [4.69, 9.17) is 19.2 Å². The van der Waals surface area contributed by atoms with Gasteiger partial charge < -0.3 is 29.3 Å². The molecule has 1 saturated heterocycles. The van der Waals surface area contributed by atoms with Crippen LogP contribution in [0.25, 0.3) is 0 Å². The van der Waals surface area contributed by atoms with Gasteiger partial charge in [0.2, 0.25) is 0 Å². The predicted molar refractivity (Wildman–Crippen MR) is 139 cm³/mol. The second-order valence-corrected chi connectivity index (χ2v) is 7.82. The van der Waals surface area contributed by atoms with E-state index < -0.39 is 0 Å². The van der Waals surface area contributed by atoms with Gasteiger partial charge in [-0.2, -0.15) is 0 Å². The molecule has 2 aliphatic rings. The van der Waals surface area contributed by atoms with Crippen molar-refractivity contribution in [3.05, 3.63) is 53.3 Å². The van der Waals surface area contributed by atoms with E-state index in [2.05, 4.69) is 34.2 Å². The minimum atomic E-state index is -0.265. The Balaban J connectivity index is 0.00000306. The van der Waals surface area contributed by atoms with Crippen molar-refractivity contribution in [1.82, 2.24) is 10.2 Å². The highest BCUT2D eigenvalue weighted by molar-refractivity contribution is 14.0. The van der Waals surface area contributed by atoms with E-state index in [9.17, 15) is 4.39 Å². The molecule has 0 bridgehead atoms. The zero-order valence-corrected chi connectivity index (χ0v) is 21.5. The topological polar surface area (TPSA) is 58.6 Å². The van der Waals surface area contributed by atoms with E-state index in [-0.39, 0.29) is 36.6 Å². The molecule has 2 aromatic carbocycles. The molecule has 0 atom stereocenters. The fraction of sp³-hybridized carbons (Fsp3) is 0.458. The fourth-order valence-corrected chi connectivity index (χ4v) is 4.12. The highest BCUT2D eigenvalue weighted by Gasteiger charge is 2.20. The summed E-state index contributed by atoms with van der Waals surface area (Å²) in [6.07, 6.45) is 0.612. The Morgan fingerprint density at radius 1 is 1.15 bits per heavy atom. The standard InChI is InChI=1S/C24H31FN4O3.HI/c1-3-26-24(27-9-8-18-14-20(25)15-19-16-31-17-32-23(18)19)29-12-10-28(11-13-29)21-4-6-22(30-2)7-5-21;/h4-7,14-15H,3,8-13,16-17H2,1-2H3,(H,26,27);1H. The molecule has 0 amide bonds. The molecule has 0 aromatic heterocycles. The Morgan fingerprint density at radius 2 is 1.91 bits per heavy atom. The third-order valence-electron chi connectivity index (χ3n) is 5.75. The summed E-state index contributed by atoms with van der Waals surface area (Å²) >= 11 is 0. The molecule has 0 unspecified atom stereocenters. The minimum absolute atomic E-state index is 0. The summed E-state index contributed by atoms with van der Waals surface area (Å²) in [7, 11) is 1.68. The maximum Gasteiger partial charge on any atom is 0.194 e. The summed E-state index contributed by atoms with van der Waals surface area (Å²) in [5, 5.41) is 3.40. The molecule has 7 nitrogen and oxygen atoms in total. The first kappa shape index (κ1) is 25.4. The van der Waals surface area contributed by atoms with Crippen LogP contribution in [-0.4, -0.2) is 64.0 Å². The molecule has 2 aliphatic heterocycles. The van der Waals surface area contributed by atoms with Crippen molar-refractivity contribution in [2.45, 2.75) is 20.0 Å². The summed E-state index contributed by atoms with van der Waals surface area (Å²) in [5.74, 6) is 2.24. The van der Waals surface area contributed by atoms with Gasteiger partial charge in [-0.15, -0.1) is 24.0 Å². The molecule has 180 valence electrons. The maximum absolute atomic E-state index is 14.0. The second kappa shape index (κ2) is 12.3. The lowest BCUT2D eigenvalue weighted by Gasteiger charge is -2.37. The number of guanidine groups is 1. The molecular formula is C24H32FIN4O3. The number of piperazine rings is 1. The van der Waals surface area contributed by atoms with Crippen LogP contribution in [0, 0.1) is 5.82 Å². The molecule has 0 radical (unpaired) electrons. The summed E-state index contributed by atoms with van der Waals surface area (Å²) in [6.45, 7) is 7.61. The SMILES string of the molecule is CCNC(=NCCc1cc(F)cc2c1OCOC2)N1CCN(c2ccc(OC)cc2)CC1.I. The molecule has 4 rings (SSSR count). The number of halogens is 2. The van der Waals surface area contributed by atoms with E-state index in [1.54, 1.807) is 13.2 Å². The van der Waals surface area contributed by atoms with Crippen molar-refractivity contribution >= 4 is 35.6 Å². The average molecular weight is 570 g/mol. The number of nitrogens with one attached hydrogen (secondary N) is 1. The van der Waals surface area contributed by atoms with Crippen LogP contribution in [0.15, 0.2) is 41.4 Å². The number of anilines is 1. The largest absolute Gasteiger partial charge is 0.497 e. The smallest absolute Gasteiger partial charge is 0.194 e. The third kappa shape index (κ3) is 6.41. The van der Waals surface area contributed by atoms with Gasteiger partial charge in [-0.3, -0.25) is 4.99 Å². The molecule has 2 heterocycles. The molecular weight excluding hydrogens is 538 g/mol. The van der Waals surface area contributed by atoms with Crippen LogP contribution in [0.4, 0.5) is 10.1 Å². The van der Waals surface area contributed by atoms with E-state index in [1.165, 1.54) is 11.8 Å². The lowest BCUT2D eigenvalue weighted by molar-refractivity contribution is -0.0172. The zero-order chi connectivity index (χ0) is 22.3. The van der Waals surface area contributed by atoms with Gasteiger partial charge in [0, 0.05) is 50.5 Å². The van der Waals surface area contributed by atoms with Crippen LogP contribution < -0.4 is 19.7 Å². The Bertz CT molecular complexity index is 934. The first-order valence-corrected chi connectivity index (χ1v) is 11.1. The van der Waals surface area contributed by atoms with Crippen molar-refractivity contribution in [2.75, 3.05) is 58.1 Å². The number of aliphatic imine (C=N–C) groups is 1. The van der Waals surface area contributed by atoms with E-state index >= 15 is 0 Å². The lowest BCUT2D eigenvalue weighted by Crippen LogP contribution is -2.52. The number of hydrogen-bond donors (Lipinski definition) is 1. The van der Waals surface area contributed by atoms with Crippen molar-refractivity contribution in [2.24, 2.45) is 4.99 Å². The van der Waals surface area contributed by atoms with Gasteiger partial charge in [0.25, 0.3) is 0 Å². The zero-order valence-electron chi connectivity index (χ0n) is 19.2. The van der Waals surface area contributed by atoms with Gasteiger partial charge in [-0.05, 0) is 55.3 Å². The Kier molecular flexibility index (Phi) is 9.42. The summed E-state index contributed by atoms with van der Waals surface area (Å²) < 4.78 is 30.1. The molecule has 2 aromatic rings. The molecule has 0 aliphatic carbocycles. The van der Waals surface area contributed by atoms with Crippen LogP contribution in [0.2, 0.25) is 0 Å². The van der Waals surface area contributed by atoms with E-state index in [0.717, 1.165) is 61.3 Å². The number of nitrogens with zero attached hydrogens (tertiary/aromatic N) is 3. The molecule has 1 N–H and O–H groups in total. The van der Waals surface area contributed by atoms with Gasteiger partial charge in [0.05, 0.1) is 13.7 Å². The second-order valence-electron chi connectivity index (χ2n) is 7.82. The first-order chi connectivity index (χ1) is 15.7. The van der Waals surface area contributed by atoms with Crippen molar-refractivity contribution in [1.29, 1.82) is 0 Å². The lowest BCUT2D eigenvalue weighted by atomic mass is 10.1. The van der Waals surface area contributed by atoms with Gasteiger partial charge in [0.15, 0.2) is 12.8 Å². The average Bonchev–Trinajstić information content (AvgIpc) is 2.83. The summed E-state index contributed by atoms with van der Waals surface area (Å²) in [5.41, 5.74) is 2.80. The highest BCUT2D eigenvalue weighted by atomic mass is 127. The summed E-state index contributed by atoms with van der Waals surface area (Å²) in [6, 6.07) is 11.2. The number of ether oxygens (including phenoxy) is 3. The Hall–Kier alpha value is -2.27. The first-order valence-electron chi connectivity index (χ1n) is 11.1. The molecule has 0 spiro atoms. The van der Waals surface area contributed by atoms with Crippen molar-refractivity contribution in [3.8, 4) is 11.5 Å². The van der Waals surface area contributed by atoms with Gasteiger partial charge in [-0.25, -0.2) is 4.39 Å². The number of benzene rings is 2. The number of fused-ring (bicyclic) bond motifs is 1. The van der Waals surface area contributed by atoms with Crippen molar-refractivity contribution in [3.63, 3.8) is 0 Å². The van der Waals surface area contributed by atoms with Crippen LogP contribution in [0.1, 0.15) is 18.1 Å². The normalized spacial score (nSPS) is 15.9. The van der Waals surface area contributed by atoms with Gasteiger partial charge >= 0.3 is 0 Å². The monoisotopic (exact) mass is 570 g/mol. The van der Waals surface area contributed by atoms with Crippen LogP contribution >= 0.6 is 24.0 Å².